The Kier molecular flexibility index (Phi) is 58.2. The molecule has 0 fully saturated rings. The Morgan fingerprint density at radius 2 is 0.769 bits per heavy atom. The third kappa shape index (κ3) is 68.0. The largest absolute Gasteiger partial charge is 0.481 e. The molecule has 0 heterocycles. The molecular formula is C30H74N3O13P3S3. The Bertz CT molecular complexity index is 922. The quantitative estimate of drug-likeness (QED) is 0.0362. The van der Waals surface area contributed by atoms with E-state index in [2.05, 4.69) is 59.6 Å². The van der Waals surface area contributed by atoms with Crippen molar-refractivity contribution in [2.24, 2.45) is 5.73 Å². The van der Waals surface area contributed by atoms with Gasteiger partial charge >= 0.3 is 20.2 Å². The summed E-state index contributed by atoms with van der Waals surface area (Å²) < 4.78 is 28.9. The van der Waals surface area contributed by atoms with Crippen molar-refractivity contribution in [1.82, 2.24) is 10.6 Å². The molecule has 0 aromatic heterocycles. The van der Waals surface area contributed by atoms with Crippen LogP contribution in [0.25, 0.3) is 0 Å². The zero-order valence-electron chi connectivity index (χ0n) is 29.8. The lowest BCUT2D eigenvalue weighted by molar-refractivity contribution is -0.134. The highest BCUT2D eigenvalue weighted by Gasteiger charge is 2.12. The second kappa shape index (κ2) is 45.4. The molecule has 0 aromatic rings. The number of carboxylic acid groups (broad SMARTS) is 1. The van der Waals surface area contributed by atoms with Crippen LogP contribution in [0.15, 0.2) is 0 Å². The van der Waals surface area contributed by atoms with Gasteiger partial charge < -0.3 is 63.3 Å². The van der Waals surface area contributed by atoms with E-state index in [1.54, 1.807) is 0 Å². The van der Waals surface area contributed by atoms with Crippen LogP contribution in [0.4, 0.5) is 0 Å². The first-order valence-electron chi connectivity index (χ1n) is 15.8. The Hall–Kier alpha value is -0.0400. The molecule has 0 rings (SSSR count). The zero-order valence-corrected chi connectivity index (χ0v) is 35.0. The molecule has 0 aliphatic heterocycles. The lowest BCUT2D eigenvalue weighted by Gasteiger charge is -2.12. The number of nitrogens with one attached hydrogen (secondary N) is 2. The van der Waals surface area contributed by atoms with Gasteiger partial charge in [0.15, 0.2) is 0 Å². The molecule has 0 aromatic carbocycles. The number of nitrogens with two attached hydrogens (primary N) is 1. The third-order valence-electron chi connectivity index (χ3n) is 5.44. The normalized spacial score (nSPS) is 13.3. The number of rotatable bonds is 26. The second-order valence-electron chi connectivity index (χ2n) is 9.97. The van der Waals surface area contributed by atoms with E-state index in [-0.39, 0.29) is 34.1 Å². The van der Waals surface area contributed by atoms with E-state index in [9.17, 15) is 24.3 Å². The maximum absolute atomic E-state index is 10.5. The van der Waals surface area contributed by atoms with Crippen molar-refractivity contribution in [2.45, 2.75) is 120 Å². The first-order chi connectivity index (χ1) is 22.8. The number of carbonyl (C=O) groups is 3. The minimum absolute atomic E-state index is 0. The molecule has 0 aliphatic rings. The number of hydrogen-bond donors (Lipinski definition) is 7. The summed E-state index contributed by atoms with van der Waals surface area (Å²) in [6, 6.07) is 0. The molecule has 0 aliphatic carbocycles. The number of carboxylic acids is 1. The van der Waals surface area contributed by atoms with Crippen LogP contribution in [0.2, 0.25) is 0 Å². The van der Waals surface area contributed by atoms with Gasteiger partial charge in [-0.3, -0.25) is 14.4 Å². The predicted octanol–water partition coefficient (Wildman–Crippen LogP) is 6.51. The number of aliphatic carboxylic acids is 1. The minimum Gasteiger partial charge on any atom is -0.481 e. The molecule has 3 unspecified atom stereocenters. The molecule has 22 heteroatoms. The molecule has 8 N–H and O–H groups in total. The highest BCUT2D eigenvalue weighted by molar-refractivity contribution is 8.07. The van der Waals surface area contributed by atoms with Gasteiger partial charge in [0.05, 0.1) is 19.8 Å². The molecule has 320 valence electrons. The molecule has 0 spiro atoms. The van der Waals surface area contributed by atoms with E-state index < -0.39 is 26.1 Å². The average molecular weight is 874 g/mol. The van der Waals surface area contributed by atoms with Gasteiger partial charge in [-0.25, -0.2) is 0 Å². The van der Waals surface area contributed by atoms with Crippen molar-refractivity contribution < 1.29 is 61.3 Å². The minimum atomic E-state index is -2.97. The first-order valence-corrected chi connectivity index (χ1v) is 23.6. The summed E-state index contributed by atoms with van der Waals surface area (Å²) in [6.45, 7) is -1.30. The highest BCUT2D eigenvalue weighted by Crippen LogP contribution is 2.43. The van der Waals surface area contributed by atoms with Crippen LogP contribution in [-0.2, 0) is 76.9 Å². The topological polar surface area (TPSA) is 238 Å². The van der Waals surface area contributed by atoms with Gasteiger partial charge in [-0.05, 0) is 80.5 Å². The maximum Gasteiger partial charge on any atom is 0.324 e. The summed E-state index contributed by atoms with van der Waals surface area (Å²) >= 11 is 14.0. The zero-order chi connectivity index (χ0) is 38.6. The Balaban J connectivity index is -0.000000108. The van der Waals surface area contributed by atoms with Crippen molar-refractivity contribution in [3.05, 3.63) is 0 Å². The van der Waals surface area contributed by atoms with Crippen molar-refractivity contribution in [1.29, 1.82) is 0 Å². The fourth-order valence-electron chi connectivity index (χ4n) is 2.99. The lowest BCUT2D eigenvalue weighted by Crippen LogP contribution is -2.20. The molecular weight excluding hydrogens is 799 g/mol. The van der Waals surface area contributed by atoms with Gasteiger partial charge in [0, 0.05) is 55.2 Å². The van der Waals surface area contributed by atoms with Crippen molar-refractivity contribution in [2.75, 3.05) is 60.8 Å². The fourth-order valence-corrected chi connectivity index (χ4v) is 5.05. The van der Waals surface area contributed by atoms with Crippen LogP contribution < -0.4 is 16.4 Å². The molecule has 0 saturated carbocycles. The Morgan fingerprint density at radius 3 is 0.981 bits per heavy atom. The van der Waals surface area contributed by atoms with E-state index in [4.69, 9.17) is 29.2 Å². The third-order valence-corrected chi connectivity index (χ3v) is 10.6. The van der Waals surface area contributed by atoms with Crippen LogP contribution >= 0.6 is 20.2 Å². The van der Waals surface area contributed by atoms with E-state index >= 15 is 0 Å². The lowest BCUT2D eigenvalue weighted by atomic mass is 10.2. The fraction of sp³-hybridized carbons (Fsp3) is 0.900. The summed E-state index contributed by atoms with van der Waals surface area (Å²) in [6.07, 6.45) is 11.7. The Labute approximate surface area is 330 Å². The number of amides is 2. The van der Waals surface area contributed by atoms with E-state index in [1.807, 2.05) is 0 Å². The molecule has 0 radical (unpaired) electrons. The molecule has 2 amide bonds. The van der Waals surface area contributed by atoms with Crippen molar-refractivity contribution in [3.8, 4) is 0 Å². The van der Waals surface area contributed by atoms with E-state index in [1.165, 1.54) is 35.2 Å². The van der Waals surface area contributed by atoms with E-state index in [0.717, 1.165) is 90.5 Å². The van der Waals surface area contributed by atoms with Gasteiger partial charge in [0.25, 0.3) is 5.97 Å². The van der Waals surface area contributed by atoms with Gasteiger partial charge in [0.2, 0.25) is 11.8 Å². The first kappa shape index (κ1) is 66.8. The summed E-state index contributed by atoms with van der Waals surface area (Å²) in [5.41, 5.74) is 5.33. The van der Waals surface area contributed by atoms with Gasteiger partial charge in [0.1, 0.15) is 0 Å². The van der Waals surface area contributed by atoms with Crippen molar-refractivity contribution in [3.63, 3.8) is 0 Å². The predicted molar refractivity (Wildman–Crippen MR) is 224 cm³/mol. The van der Waals surface area contributed by atoms with Crippen molar-refractivity contribution >= 4 is 73.4 Å². The van der Waals surface area contributed by atoms with Crippen LogP contribution in [0, 0.1) is 0 Å². The highest BCUT2D eigenvalue weighted by atomic mass is 32.5. The Morgan fingerprint density at radius 1 is 0.538 bits per heavy atom. The standard InChI is InChI=1S/2C9H20NO4PS.C7H18NO3PS.C2H4O2.3CH4/c2*1-9(11)10-7-5-3-4-6-8-14-15(12,16)13-2;1-10-12(9,13)11-7-5-3-2-4-6-8;1-2(3)4;;;/h2*3-8H2,1-2H3,(H,10,11)(H,12,16);2-8H2,1H3,(H,9,13);1H3,(H,3,4);3*1H4. The van der Waals surface area contributed by atoms with Crippen LogP contribution in [0.1, 0.15) is 120 Å². The van der Waals surface area contributed by atoms with Crippen LogP contribution in [-0.4, -0.2) is 98.4 Å². The molecule has 52 heavy (non-hydrogen) atoms. The van der Waals surface area contributed by atoms with Crippen LogP contribution in [0.3, 0.4) is 0 Å². The average Bonchev–Trinajstić information content (AvgIpc) is 3.01. The summed E-state index contributed by atoms with van der Waals surface area (Å²) in [4.78, 5) is 57.8. The molecule has 16 nitrogen and oxygen atoms in total. The summed E-state index contributed by atoms with van der Waals surface area (Å²) in [5, 5.41) is 12.9. The summed E-state index contributed by atoms with van der Waals surface area (Å²) in [7, 11) is 4.04. The SMILES string of the molecule is C.C.C.CC(=O)O.COP(O)(=S)OCCCCCCN.COP(O)(=S)OCCCCCCNC(C)=O.COP(O)(=S)OCCCCCCNC(C)=O. The van der Waals surface area contributed by atoms with Crippen LogP contribution in [0.5, 0.6) is 0 Å². The molecule has 0 saturated heterocycles. The molecule has 3 atom stereocenters. The number of carbonyl (C=O) groups excluding carboxylic acids is 2. The van der Waals surface area contributed by atoms with Gasteiger partial charge in [-0.15, -0.1) is 0 Å². The van der Waals surface area contributed by atoms with Gasteiger partial charge in [-0.1, -0.05) is 60.8 Å². The van der Waals surface area contributed by atoms with E-state index in [0.29, 0.717) is 32.9 Å². The number of hydrogen-bond acceptors (Lipinski definition) is 13. The van der Waals surface area contributed by atoms with Gasteiger partial charge in [-0.2, -0.15) is 0 Å². The number of unbranched alkanes of at least 4 members (excludes halogenated alkanes) is 9. The smallest absolute Gasteiger partial charge is 0.324 e. The maximum atomic E-state index is 10.5. The second-order valence-corrected chi connectivity index (χ2v) is 18.8. The molecule has 0 bridgehead atoms. The summed E-state index contributed by atoms with van der Waals surface area (Å²) in [5.74, 6) is -0.825. The monoisotopic (exact) mass is 873 g/mol.